The van der Waals surface area contributed by atoms with E-state index in [-0.39, 0.29) is 12.5 Å². The van der Waals surface area contributed by atoms with E-state index in [1.165, 1.54) is 11.8 Å². The molecule has 4 nitrogen and oxygen atoms in total. The molecule has 5 heteroatoms. The minimum absolute atomic E-state index is 0.000537. The zero-order valence-corrected chi connectivity index (χ0v) is 10.9. The van der Waals surface area contributed by atoms with Crippen LogP contribution in [0.2, 0.25) is 0 Å². The van der Waals surface area contributed by atoms with Crippen LogP contribution in [0.1, 0.15) is 30.9 Å². The molecule has 1 heterocycles. The normalized spacial score (nSPS) is 16.0. The Labute approximate surface area is 110 Å². The van der Waals surface area contributed by atoms with Crippen LogP contribution in [-0.4, -0.2) is 28.5 Å². The zero-order valence-electron chi connectivity index (χ0n) is 10.1. The van der Waals surface area contributed by atoms with Gasteiger partial charge in [0.2, 0.25) is 5.91 Å². The number of hydrogen-bond acceptors (Lipinski definition) is 4. The molecule has 1 aromatic carbocycles. The van der Waals surface area contributed by atoms with E-state index in [1.807, 2.05) is 18.2 Å². The van der Waals surface area contributed by atoms with E-state index < -0.39 is 6.10 Å². The number of thioether (sulfide) groups is 1. The molecule has 1 unspecified atom stereocenters. The molecule has 0 spiro atoms. The summed E-state index contributed by atoms with van der Waals surface area (Å²) < 4.78 is 0. The average Bonchev–Trinajstić information content (AvgIpc) is 2.38. The van der Waals surface area contributed by atoms with Crippen molar-refractivity contribution in [2.24, 2.45) is 0 Å². The van der Waals surface area contributed by atoms with E-state index in [2.05, 4.69) is 5.32 Å². The molecule has 3 N–H and O–H groups in total. The third-order valence-corrected chi connectivity index (χ3v) is 3.98. The number of rotatable bonds is 5. The van der Waals surface area contributed by atoms with Crippen LogP contribution in [0.4, 0.5) is 5.69 Å². The van der Waals surface area contributed by atoms with Crippen LogP contribution in [-0.2, 0) is 4.79 Å². The largest absolute Gasteiger partial charge is 0.396 e. The van der Waals surface area contributed by atoms with Gasteiger partial charge >= 0.3 is 0 Å². The molecule has 0 saturated carbocycles. The maximum absolute atomic E-state index is 11.3. The van der Waals surface area contributed by atoms with Crippen LogP contribution in [0.5, 0.6) is 0 Å². The van der Waals surface area contributed by atoms with Crippen LogP contribution in [0.3, 0.4) is 0 Å². The smallest absolute Gasteiger partial charge is 0.234 e. The van der Waals surface area contributed by atoms with Crippen LogP contribution < -0.4 is 5.32 Å². The Morgan fingerprint density at radius 3 is 3.00 bits per heavy atom. The highest BCUT2D eigenvalue weighted by Gasteiger charge is 2.17. The summed E-state index contributed by atoms with van der Waals surface area (Å²) in [5.74, 6) is 0.449. The van der Waals surface area contributed by atoms with Gasteiger partial charge in [0, 0.05) is 11.5 Å². The Hall–Kier alpha value is -1.04. The lowest BCUT2D eigenvalue weighted by Crippen LogP contribution is -2.18. The number of aliphatic hydroxyl groups is 2. The number of carbonyl (C=O) groups excluding carboxylic acids is 1. The van der Waals surface area contributed by atoms with Gasteiger partial charge < -0.3 is 15.5 Å². The number of benzene rings is 1. The molecule has 0 fully saturated rings. The van der Waals surface area contributed by atoms with Crippen molar-refractivity contribution in [2.45, 2.75) is 30.3 Å². The summed E-state index contributed by atoms with van der Waals surface area (Å²) in [6, 6.07) is 5.67. The van der Waals surface area contributed by atoms with Crippen molar-refractivity contribution >= 4 is 23.4 Å². The highest BCUT2D eigenvalue weighted by molar-refractivity contribution is 8.00. The summed E-state index contributed by atoms with van der Waals surface area (Å²) in [6.45, 7) is 0.156. The molecule has 1 amide bonds. The van der Waals surface area contributed by atoms with E-state index >= 15 is 0 Å². The van der Waals surface area contributed by atoms with E-state index in [1.54, 1.807) is 0 Å². The fourth-order valence-electron chi connectivity index (χ4n) is 1.92. The first-order valence-electron chi connectivity index (χ1n) is 6.06. The van der Waals surface area contributed by atoms with Crippen LogP contribution >= 0.6 is 11.8 Å². The minimum Gasteiger partial charge on any atom is -0.396 e. The van der Waals surface area contributed by atoms with E-state index in [0.29, 0.717) is 18.6 Å². The molecule has 0 aliphatic carbocycles. The first-order valence-corrected chi connectivity index (χ1v) is 7.05. The Kier molecular flexibility index (Phi) is 4.63. The van der Waals surface area contributed by atoms with Crippen molar-refractivity contribution in [3.63, 3.8) is 0 Å². The number of amides is 1. The Balaban J connectivity index is 2.05. The number of unbranched alkanes of at least 4 members (excludes halogenated alkanes) is 1. The summed E-state index contributed by atoms with van der Waals surface area (Å²) in [5.41, 5.74) is 1.60. The van der Waals surface area contributed by atoms with Crippen molar-refractivity contribution in [1.82, 2.24) is 0 Å². The molecule has 0 saturated heterocycles. The van der Waals surface area contributed by atoms with E-state index in [9.17, 15) is 9.90 Å². The van der Waals surface area contributed by atoms with Gasteiger partial charge in [0.1, 0.15) is 0 Å². The number of aliphatic hydroxyl groups excluding tert-OH is 2. The van der Waals surface area contributed by atoms with Gasteiger partial charge in [-0.25, -0.2) is 0 Å². The number of nitrogens with one attached hydrogen (secondary N) is 1. The lowest BCUT2D eigenvalue weighted by Gasteiger charge is -2.19. The van der Waals surface area contributed by atoms with Gasteiger partial charge in [-0.3, -0.25) is 4.79 Å². The highest BCUT2D eigenvalue weighted by Crippen LogP contribution is 2.34. The molecule has 0 radical (unpaired) electrons. The van der Waals surface area contributed by atoms with Gasteiger partial charge in [-0.05, 0) is 37.0 Å². The number of hydrogen-bond donors (Lipinski definition) is 3. The van der Waals surface area contributed by atoms with Crippen molar-refractivity contribution < 1.29 is 15.0 Å². The van der Waals surface area contributed by atoms with Gasteiger partial charge in [0.05, 0.1) is 17.5 Å². The second-order valence-electron chi connectivity index (χ2n) is 4.33. The van der Waals surface area contributed by atoms with Gasteiger partial charge in [-0.1, -0.05) is 6.07 Å². The molecule has 98 valence electrons. The number of fused-ring (bicyclic) bond motifs is 1. The van der Waals surface area contributed by atoms with E-state index in [0.717, 1.165) is 22.6 Å². The summed E-state index contributed by atoms with van der Waals surface area (Å²) in [6.07, 6.45) is 1.58. The molecule has 18 heavy (non-hydrogen) atoms. The lowest BCUT2D eigenvalue weighted by atomic mass is 10.0. The highest BCUT2D eigenvalue weighted by atomic mass is 32.2. The third-order valence-electron chi connectivity index (χ3n) is 2.91. The van der Waals surface area contributed by atoms with Crippen molar-refractivity contribution in [2.75, 3.05) is 17.7 Å². The molecule has 2 rings (SSSR count). The van der Waals surface area contributed by atoms with Gasteiger partial charge in [0.25, 0.3) is 0 Å². The second-order valence-corrected chi connectivity index (χ2v) is 5.34. The quantitative estimate of drug-likeness (QED) is 0.713. The Morgan fingerprint density at radius 1 is 1.39 bits per heavy atom. The number of anilines is 1. The topological polar surface area (TPSA) is 69.6 Å². The number of carbonyl (C=O) groups is 1. The molecule has 0 bridgehead atoms. The molecule has 0 aromatic heterocycles. The summed E-state index contributed by atoms with van der Waals surface area (Å²) >= 11 is 1.51. The summed E-state index contributed by atoms with van der Waals surface area (Å²) in [5, 5.41) is 21.5. The zero-order chi connectivity index (χ0) is 13.0. The summed E-state index contributed by atoms with van der Waals surface area (Å²) in [7, 11) is 0. The van der Waals surface area contributed by atoms with E-state index in [4.69, 9.17) is 5.11 Å². The molecule has 1 aromatic rings. The summed E-state index contributed by atoms with van der Waals surface area (Å²) in [4.78, 5) is 12.3. The molecule has 1 aliphatic heterocycles. The molecular weight excluding hydrogens is 250 g/mol. The fourth-order valence-corrected chi connectivity index (χ4v) is 2.71. The lowest BCUT2D eigenvalue weighted by molar-refractivity contribution is -0.113. The fraction of sp³-hybridized carbons (Fsp3) is 0.462. The first-order chi connectivity index (χ1) is 8.70. The van der Waals surface area contributed by atoms with Crippen LogP contribution in [0.25, 0.3) is 0 Å². The third kappa shape index (κ3) is 3.25. The molecule has 1 aliphatic rings. The van der Waals surface area contributed by atoms with Crippen molar-refractivity contribution in [1.29, 1.82) is 0 Å². The standard InChI is InChI=1S/C13H17NO3S/c15-6-2-1-3-11(16)9-4-5-12-10(7-9)14-13(17)8-18-12/h4-5,7,11,15-16H,1-3,6,8H2,(H,14,17). The second kappa shape index (κ2) is 6.22. The maximum atomic E-state index is 11.3. The molecular formula is C13H17NO3S. The van der Waals surface area contributed by atoms with Crippen molar-refractivity contribution in [3.05, 3.63) is 23.8 Å². The minimum atomic E-state index is -0.536. The maximum Gasteiger partial charge on any atom is 0.234 e. The van der Waals surface area contributed by atoms with Gasteiger partial charge in [-0.15, -0.1) is 11.8 Å². The molecule has 1 atom stereocenters. The average molecular weight is 267 g/mol. The van der Waals surface area contributed by atoms with Gasteiger partial charge in [-0.2, -0.15) is 0 Å². The predicted octanol–water partition coefficient (Wildman–Crippen LogP) is 1.93. The van der Waals surface area contributed by atoms with Crippen molar-refractivity contribution in [3.8, 4) is 0 Å². The van der Waals surface area contributed by atoms with Gasteiger partial charge in [0.15, 0.2) is 0 Å². The Bertz CT molecular complexity index is 436. The predicted molar refractivity (Wildman–Crippen MR) is 71.7 cm³/mol. The SMILES string of the molecule is O=C1CSc2ccc(C(O)CCCCO)cc2N1. The first kappa shape index (κ1) is 13.4. The van der Waals surface area contributed by atoms with Crippen LogP contribution in [0.15, 0.2) is 23.1 Å². The van der Waals surface area contributed by atoms with Crippen LogP contribution in [0, 0.1) is 0 Å². The Morgan fingerprint density at radius 2 is 2.22 bits per heavy atom. The monoisotopic (exact) mass is 267 g/mol.